The number of Topliss-reactive ketones (excluding diaryl/α,β-unsaturated/α-hetero) is 1. The molecule has 1 unspecified atom stereocenters. The van der Waals surface area contributed by atoms with Crippen molar-refractivity contribution in [3.8, 4) is 0 Å². The number of hydrogen-bond donors (Lipinski definition) is 1. The molecule has 0 saturated carbocycles. The second kappa shape index (κ2) is 7.97. The maximum atomic E-state index is 13.5. The number of carbonyl (C=O) groups excluding carboxylic acids is 2. The van der Waals surface area contributed by atoms with Crippen LogP contribution < -0.4 is 5.32 Å². The molecule has 23 heavy (non-hydrogen) atoms. The number of nitrogens with one attached hydrogen (secondary N) is 1. The van der Waals surface area contributed by atoms with E-state index in [4.69, 9.17) is 27.9 Å². The van der Waals surface area contributed by atoms with Gasteiger partial charge >= 0.3 is 6.09 Å². The van der Waals surface area contributed by atoms with E-state index in [0.29, 0.717) is 6.42 Å². The Balaban J connectivity index is 2.78. The van der Waals surface area contributed by atoms with E-state index in [9.17, 15) is 14.0 Å². The van der Waals surface area contributed by atoms with Gasteiger partial charge in [0.05, 0.1) is 10.0 Å². The van der Waals surface area contributed by atoms with Crippen LogP contribution in [0.3, 0.4) is 0 Å². The van der Waals surface area contributed by atoms with Gasteiger partial charge in [0.2, 0.25) is 0 Å². The average Bonchev–Trinajstić information content (AvgIpc) is 2.39. The summed E-state index contributed by atoms with van der Waals surface area (Å²) in [4.78, 5) is 24.0. The molecule has 1 aromatic carbocycles. The first-order valence-corrected chi connectivity index (χ1v) is 7.96. The van der Waals surface area contributed by atoms with Gasteiger partial charge in [-0.3, -0.25) is 4.79 Å². The molecule has 0 fully saturated rings. The van der Waals surface area contributed by atoms with Gasteiger partial charge in [-0.25, -0.2) is 9.18 Å². The first kappa shape index (κ1) is 19.7. The molecule has 4 nitrogen and oxygen atoms in total. The van der Waals surface area contributed by atoms with E-state index in [-0.39, 0.29) is 27.8 Å². The van der Waals surface area contributed by atoms with Crippen LogP contribution in [-0.2, 0) is 4.74 Å². The van der Waals surface area contributed by atoms with Gasteiger partial charge < -0.3 is 10.1 Å². The summed E-state index contributed by atoms with van der Waals surface area (Å²) >= 11 is 11.5. The first-order chi connectivity index (χ1) is 10.5. The Bertz CT molecular complexity index is 600. The summed E-state index contributed by atoms with van der Waals surface area (Å²) < 4.78 is 18.7. The third-order valence-corrected chi connectivity index (χ3v) is 3.56. The molecule has 1 atom stereocenters. The van der Waals surface area contributed by atoms with Crippen LogP contribution in [-0.4, -0.2) is 23.5 Å². The zero-order valence-electron chi connectivity index (χ0n) is 13.5. The largest absolute Gasteiger partial charge is 0.444 e. The lowest BCUT2D eigenvalue weighted by Gasteiger charge is -2.23. The number of alkyl carbamates (subject to hydrolysis) is 1. The molecule has 128 valence electrons. The van der Waals surface area contributed by atoms with Crippen LogP contribution >= 0.6 is 23.2 Å². The molecule has 0 aromatic heterocycles. The lowest BCUT2D eigenvalue weighted by atomic mass is 10.0. The van der Waals surface area contributed by atoms with Crippen molar-refractivity contribution in [2.75, 3.05) is 0 Å². The van der Waals surface area contributed by atoms with Crippen molar-refractivity contribution in [1.82, 2.24) is 5.32 Å². The van der Waals surface area contributed by atoms with E-state index >= 15 is 0 Å². The second-order valence-corrected chi connectivity index (χ2v) is 6.94. The number of ether oxygens (including phenoxy) is 1. The SMILES string of the molecule is CCC(CC(=O)c1cc(F)c(Cl)cc1Cl)NC(=O)OC(C)(C)C. The summed E-state index contributed by atoms with van der Waals surface area (Å²) in [5.74, 6) is -1.10. The van der Waals surface area contributed by atoms with Crippen LogP contribution in [0, 0.1) is 5.82 Å². The van der Waals surface area contributed by atoms with Gasteiger partial charge in [0, 0.05) is 18.0 Å². The van der Waals surface area contributed by atoms with Gasteiger partial charge in [0.1, 0.15) is 11.4 Å². The van der Waals surface area contributed by atoms with Crippen LogP contribution in [0.1, 0.15) is 50.9 Å². The van der Waals surface area contributed by atoms with Crippen LogP contribution in [0.4, 0.5) is 9.18 Å². The number of hydrogen-bond acceptors (Lipinski definition) is 3. The maximum Gasteiger partial charge on any atom is 0.407 e. The van der Waals surface area contributed by atoms with Gasteiger partial charge in [-0.2, -0.15) is 0 Å². The van der Waals surface area contributed by atoms with Gasteiger partial charge in [0.15, 0.2) is 5.78 Å². The van der Waals surface area contributed by atoms with Crippen LogP contribution in [0.5, 0.6) is 0 Å². The second-order valence-electron chi connectivity index (χ2n) is 6.12. The van der Waals surface area contributed by atoms with Gasteiger partial charge in [-0.05, 0) is 39.3 Å². The standard InChI is InChI=1S/C16H20Cl2FNO3/c1-5-9(20-15(22)23-16(2,3)4)6-14(21)10-7-13(19)12(18)8-11(10)17/h7-9H,5-6H2,1-4H3,(H,20,22). The number of rotatable bonds is 5. The van der Waals surface area contributed by atoms with Crippen LogP contribution in [0.2, 0.25) is 10.0 Å². The summed E-state index contributed by atoms with van der Waals surface area (Å²) in [7, 11) is 0. The van der Waals surface area contributed by atoms with Crippen molar-refractivity contribution in [3.05, 3.63) is 33.6 Å². The number of ketones is 1. The average molecular weight is 364 g/mol. The Morgan fingerprint density at radius 3 is 2.39 bits per heavy atom. The van der Waals surface area contributed by atoms with E-state index in [0.717, 1.165) is 6.07 Å². The highest BCUT2D eigenvalue weighted by Gasteiger charge is 2.22. The summed E-state index contributed by atoms with van der Waals surface area (Å²) in [6.07, 6.45) is -0.111. The Kier molecular flexibility index (Phi) is 6.84. The molecule has 0 spiro atoms. The summed E-state index contributed by atoms with van der Waals surface area (Å²) in [5.41, 5.74) is -0.590. The predicted octanol–water partition coefficient (Wildman–Crippen LogP) is 5.01. The number of halogens is 3. The minimum absolute atomic E-state index is 0.0173. The lowest BCUT2D eigenvalue weighted by molar-refractivity contribution is 0.0500. The van der Waals surface area contributed by atoms with E-state index in [1.165, 1.54) is 6.07 Å². The molecule has 0 aliphatic rings. The highest BCUT2D eigenvalue weighted by Crippen LogP contribution is 2.25. The Morgan fingerprint density at radius 1 is 1.26 bits per heavy atom. The molecule has 0 saturated heterocycles. The van der Waals surface area contributed by atoms with Crippen molar-refractivity contribution in [2.45, 2.75) is 52.2 Å². The molecule has 0 bridgehead atoms. The minimum Gasteiger partial charge on any atom is -0.444 e. The third kappa shape index (κ3) is 6.36. The molecule has 7 heteroatoms. The fourth-order valence-electron chi connectivity index (χ4n) is 1.84. The van der Waals surface area contributed by atoms with Crippen LogP contribution in [0.25, 0.3) is 0 Å². The monoisotopic (exact) mass is 363 g/mol. The maximum absolute atomic E-state index is 13.5. The van der Waals surface area contributed by atoms with E-state index in [1.807, 2.05) is 6.92 Å². The molecule has 1 aromatic rings. The minimum atomic E-state index is -0.715. The Morgan fingerprint density at radius 2 is 1.87 bits per heavy atom. The van der Waals surface area contributed by atoms with Crippen molar-refractivity contribution >= 4 is 35.1 Å². The number of benzene rings is 1. The highest BCUT2D eigenvalue weighted by atomic mass is 35.5. The first-order valence-electron chi connectivity index (χ1n) is 7.20. The molecule has 0 aliphatic heterocycles. The third-order valence-electron chi connectivity index (χ3n) is 2.96. The molecular formula is C16H20Cl2FNO3. The topological polar surface area (TPSA) is 55.4 Å². The number of carbonyl (C=O) groups is 2. The van der Waals surface area contributed by atoms with E-state index < -0.39 is 23.6 Å². The quantitative estimate of drug-likeness (QED) is 0.590. The molecule has 0 radical (unpaired) electrons. The van der Waals surface area contributed by atoms with E-state index in [2.05, 4.69) is 5.32 Å². The normalized spacial score (nSPS) is 12.7. The lowest BCUT2D eigenvalue weighted by Crippen LogP contribution is -2.39. The Hall–Kier alpha value is -1.33. The fourth-order valence-corrected chi connectivity index (χ4v) is 2.33. The summed E-state index contributed by atoms with van der Waals surface area (Å²) in [5, 5.41) is 2.55. The summed E-state index contributed by atoms with van der Waals surface area (Å²) in [6, 6.07) is 1.76. The van der Waals surface area contributed by atoms with Gasteiger partial charge in [0.25, 0.3) is 0 Å². The zero-order chi connectivity index (χ0) is 17.8. The Labute approximate surface area is 145 Å². The highest BCUT2D eigenvalue weighted by molar-refractivity contribution is 6.36. The molecule has 0 heterocycles. The smallest absolute Gasteiger partial charge is 0.407 e. The molecule has 1 amide bonds. The van der Waals surface area contributed by atoms with Crippen molar-refractivity contribution in [3.63, 3.8) is 0 Å². The van der Waals surface area contributed by atoms with Gasteiger partial charge in [-0.15, -0.1) is 0 Å². The van der Waals surface area contributed by atoms with Crippen molar-refractivity contribution in [2.24, 2.45) is 0 Å². The molecule has 1 N–H and O–H groups in total. The van der Waals surface area contributed by atoms with Crippen LogP contribution in [0.15, 0.2) is 12.1 Å². The van der Waals surface area contributed by atoms with Gasteiger partial charge in [-0.1, -0.05) is 30.1 Å². The summed E-state index contributed by atoms with van der Waals surface area (Å²) in [6.45, 7) is 7.05. The molecular weight excluding hydrogens is 344 g/mol. The number of amides is 1. The predicted molar refractivity (Wildman–Crippen MR) is 88.8 cm³/mol. The molecule has 1 rings (SSSR count). The molecule has 0 aliphatic carbocycles. The fraction of sp³-hybridized carbons (Fsp3) is 0.500. The van der Waals surface area contributed by atoms with Crippen molar-refractivity contribution in [1.29, 1.82) is 0 Å². The van der Waals surface area contributed by atoms with Crippen molar-refractivity contribution < 1.29 is 18.7 Å². The van der Waals surface area contributed by atoms with E-state index in [1.54, 1.807) is 20.8 Å². The zero-order valence-corrected chi connectivity index (χ0v) is 15.0.